The molecule has 0 aliphatic heterocycles. The molecular formula is C26H40NO+. The van der Waals surface area contributed by atoms with E-state index >= 15 is 0 Å². The molecule has 0 aromatic heterocycles. The van der Waals surface area contributed by atoms with E-state index < -0.39 is 0 Å². The van der Waals surface area contributed by atoms with Gasteiger partial charge in [-0.3, -0.25) is 4.79 Å². The van der Waals surface area contributed by atoms with Crippen LogP contribution in [0.5, 0.6) is 0 Å². The van der Waals surface area contributed by atoms with E-state index in [1.54, 1.807) is 0 Å². The summed E-state index contributed by atoms with van der Waals surface area (Å²) in [6.07, 6.45) is 8.20. The third-order valence-corrected chi connectivity index (χ3v) is 5.23. The second-order valence-electron chi connectivity index (χ2n) is 7.91. The highest BCUT2D eigenvalue weighted by atomic mass is 16.1. The van der Waals surface area contributed by atoms with Crippen molar-refractivity contribution in [2.24, 2.45) is 0 Å². The Morgan fingerprint density at radius 3 is 1.25 bits per heavy atom. The molecule has 2 aromatic carbocycles. The Hall–Kier alpha value is -1.93. The van der Waals surface area contributed by atoms with Gasteiger partial charge in [0.2, 0.25) is 0 Å². The summed E-state index contributed by atoms with van der Waals surface area (Å²) in [6.45, 7) is 11.0. The summed E-state index contributed by atoms with van der Waals surface area (Å²) in [6, 6.07) is 18.6. The molecule has 0 saturated heterocycles. The minimum absolute atomic E-state index is 0.0752. The fourth-order valence-electron chi connectivity index (χ4n) is 3.30. The van der Waals surface area contributed by atoms with Crippen LogP contribution in [0.1, 0.15) is 75.2 Å². The van der Waals surface area contributed by atoms with Gasteiger partial charge < -0.3 is 4.48 Å². The summed E-state index contributed by atoms with van der Waals surface area (Å²) in [5, 5.41) is 0. The molecule has 154 valence electrons. The van der Waals surface area contributed by atoms with Gasteiger partial charge in [-0.05, 0) is 19.3 Å². The normalized spacial score (nSPS) is 10.9. The molecule has 0 aliphatic carbocycles. The van der Waals surface area contributed by atoms with Crippen molar-refractivity contribution in [3.8, 4) is 0 Å². The molecule has 2 heteroatoms. The number of hydrogen-bond acceptors (Lipinski definition) is 1. The molecule has 2 nitrogen and oxygen atoms in total. The molecule has 0 radical (unpaired) electrons. The number of quaternary nitrogens is 1. The molecule has 0 N–H and O–H groups in total. The molecule has 0 unspecified atom stereocenters. The summed E-state index contributed by atoms with van der Waals surface area (Å²) >= 11 is 0. The van der Waals surface area contributed by atoms with Crippen LogP contribution in [0.3, 0.4) is 0 Å². The first-order chi connectivity index (χ1) is 13.6. The number of nitrogens with zero attached hydrogens (tertiary/aromatic N) is 1. The minimum Gasteiger partial charge on any atom is -0.326 e. The zero-order chi connectivity index (χ0) is 20.7. The number of ketones is 1. The lowest BCUT2D eigenvalue weighted by Gasteiger charge is -2.34. The lowest BCUT2D eigenvalue weighted by Crippen LogP contribution is -2.46. The molecule has 0 saturated carbocycles. The topological polar surface area (TPSA) is 17.1 Å². The van der Waals surface area contributed by atoms with E-state index in [1.807, 2.05) is 60.7 Å². The SMILES string of the molecule is CCCC[N+](C)(CCCC)CCCC.O=C(c1ccccc1)c1ccccc1. The quantitative estimate of drug-likeness (QED) is 0.310. The molecule has 0 heterocycles. The summed E-state index contributed by atoms with van der Waals surface area (Å²) in [5.74, 6) is 0.0752. The summed E-state index contributed by atoms with van der Waals surface area (Å²) in [4.78, 5) is 11.8. The average molecular weight is 383 g/mol. The molecule has 0 aliphatic rings. The van der Waals surface area contributed by atoms with Gasteiger partial charge in [0.15, 0.2) is 5.78 Å². The van der Waals surface area contributed by atoms with E-state index in [1.165, 1.54) is 62.6 Å². The molecule has 0 fully saturated rings. The minimum atomic E-state index is 0.0752. The summed E-state index contributed by atoms with van der Waals surface area (Å²) in [7, 11) is 2.45. The lowest BCUT2D eigenvalue weighted by atomic mass is 10.0. The highest BCUT2D eigenvalue weighted by Gasteiger charge is 2.18. The van der Waals surface area contributed by atoms with Crippen molar-refractivity contribution in [2.45, 2.75) is 59.3 Å². The van der Waals surface area contributed by atoms with Crippen LogP contribution < -0.4 is 0 Å². The number of hydrogen-bond donors (Lipinski definition) is 0. The Labute approximate surface area is 173 Å². The largest absolute Gasteiger partial charge is 0.326 e. The maximum absolute atomic E-state index is 11.8. The van der Waals surface area contributed by atoms with Gasteiger partial charge in [-0.1, -0.05) is 101 Å². The average Bonchev–Trinajstić information content (AvgIpc) is 2.76. The van der Waals surface area contributed by atoms with Gasteiger partial charge in [-0.15, -0.1) is 0 Å². The fraction of sp³-hybridized carbons (Fsp3) is 0.500. The Balaban J connectivity index is 0.000000280. The van der Waals surface area contributed by atoms with Crippen molar-refractivity contribution in [3.63, 3.8) is 0 Å². The third-order valence-electron chi connectivity index (χ3n) is 5.23. The molecule has 0 spiro atoms. The van der Waals surface area contributed by atoms with Crippen LogP contribution >= 0.6 is 0 Å². The van der Waals surface area contributed by atoms with Crippen molar-refractivity contribution < 1.29 is 9.28 Å². The molecule has 2 rings (SSSR count). The van der Waals surface area contributed by atoms with Gasteiger partial charge in [0.05, 0.1) is 26.7 Å². The van der Waals surface area contributed by atoms with Crippen molar-refractivity contribution in [1.82, 2.24) is 0 Å². The first kappa shape index (κ1) is 24.1. The first-order valence-electron chi connectivity index (χ1n) is 11.0. The fourth-order valence-corrected chi connectivity index (χ4v) is 3.30. The van der Waals surface area contributed by atoms with E-state index in [4.69, 9.17) is 0 Å². The number of carbonyl (C=O) groups is 1. The third kappa shape index (κ3) is 9.32. The monoisotopic (exact) mass is 382 g/mol. The molecule has 0 amide bonds. The number of carbonyl (C=O) groups excluding carboxylic acids is 1. The molecular weight excluding hydrogens is 342 g/mol. The van der Waals surface area contributed by atoms with Crippen LogP contribution in [0, 0.1) is 0 Å². The molecule has 2 aromatic rings. The smallest absolute Gasteiger partial charge is 0.193 e. The Morgan fingerprint density at radius 2 is 0.964 bits per heavy atom. The Bertz CT molecular complexity index is 573. The predicted molar refractivity (Wildman–Crippen MR) is 122 cm³/mol. The van der Waals surface area contributed by atoms with Gasteiger partial charge in [0, 0.05) is 11.1 Å². The second-order valence-corrected chi connectivity index (χ2v) is 7.91. The Kier molecular flexibility index (Phi) is 12.2. The van der Waals surface area contributed by atoms with Gasteiger partial charge >= 0.3 is 0 Å². The lowest BCUT2D eigenvalue weighted by molar-refractivity contribution is -0.910. The van der Waals surface area contributed by atoms with Gasteiger partial charge in [-0.25, -0.2) is 0 Å². The van der Waals surface area contributed by atoms with E-state index in [2.05, 4.69) is 27.8 Å². The van der Waals surface area contributed by atoms with Crippen LogP contribution in [-0.2, 0) is 0 Å². The molecule has 0 bridgehead atoms. The number of rotatable bonds is 11. The number of benzene rings is 2. The zero-order valence-electron chi connectivity index (χ0n) is 18.5. The van der Waals surface area contributed by atoms with Gasteiger partial charge in [0.1, 0.15) is 0 Å². The van der Waals surface area contributed by atoms with Crippen molar-refractivity contribution >= 4 is 5.78 Å². The number of unbranched alkanes of at least 4 members (excludes halogenated alkanes) is 3. The summed E-state index contributed by atoms with van der Waals surface area (Å²) < 4.78 is 1.32. The van der Waals surface area contributed by atoms with Crippen molar-refractivity contribution in [1.29, 1.82) is 0 Å². The van der Waals surface area contributed by atoms with Crippen molar-refractivity contribution in [2.75, 3.05) is 26.7 Å². The molecule has 0 atom stereocenters. The van der Waals surface area contributed by atoms with E-state index in [0.29, 0.717) is 0 Å². The maximum atomic E-state index is 11.8. The highest BCUT2D eigenvalue weighted by molar-refractivity contribution is 6.08. The summed E-state index contributed by atoms with van der Waals surface area (Å²) in [5.41, 5.74) is 1.47. The van der Waals surface area contributed by atoms with Gasteiger partial charge in [0.25, 0.3) is 0 Å². The van der Waals surface area contributed by atoms with Crippen LogP contribution in [0.4, 0.5) is 0 Å². The van der Waals surface area contributed by atoms with Crippen molar-refractivity contribution in [3.05, 3.63) is 71.8 Å². The van der Waals surface area contributed by atoms with E-state index in [9.17, 15) is 4.79 Å². The highest BCUT2D eigenvalue weighted by Crippen LogP contribution is 2.11. The van der Waals surface area contributed by atoms with Crippen LogP contribution in [0.25, 0.3) is 0 Å². The van der Waals surface area contributed by atoms with Crippen LogP contribution in [0.2, 0.25) is 0 Å². The van der Waals surface area contributed by atoms with E-state index in [0.717, 1.165) is 11.1 Å². The zero-order valence-corrected chi connectivity index (χ0v) is 18.5. The van der Waals surface area contributed by atoms with Crippen LogP contribution in [0.15, 0.2) is 60.7 Å². The first-order valence-corrected chi connectivity index (χ1v) is 11.0. The second kappa shape index (κ2) is 14.1. The van der Waals surface area contributed by atoms with E-state index in [-0.39, 0.29) is 5.78 Å². The predicted octanol–water partition coefficient (Wildman–Crippen LogP) is 6.75. The molecule has 28 heavy (non-hydrogen) atoms. The standard InChI is InChI=1S/C13H30N.C13H10O/c1-5-8-11-14(4,12-9-6-2)13-10-7-3;14-13(11-7-3-1-4-8-11)12-9-5-2-6-10-12/h5-13H2,1-4H3;1-10H/q+1;. The van der Waals surface area contributed by atoms with Crippen LogP contribution in [-0.4, -0.2) is 36.9 Å². The van der Waals surface area contributed by atoms with Gasteiger partial charge in [-0.2, -0.15) is 0 Å². The maximum Gasteiger partial charge on any atom is 0.193 e. The Morgan fingerprint density at radius 1 is 0.643 bits per heavy atom.